The maximum atomic E-state index is 13.9. The molecule has 3 aromatic rings. The molecular formula is C29H29BrN2O6S. The number of rotatable bonds is 10. The lowest BCUT2D eigenvalue weighted by Crippen LogP contribution is -2.40. The molecule has 8 nitrogen and oxygen atoms in total. The number of methoxy groups -OCH3 is 1. The van der Waals surface area contributed by atoms with Crippen LogP contribution in [0, 0.1) is 0 Å². The highest BCUT2D eigenvalue weighted by molar-refractivity contribution is 9.10. The molecule has 2 heterocycles. The first kappa shape index (κ1) is 28.4. The van der Waals surface area contributed by atoms with Crippen molar-refractivity contribution in [1.29, 1.82) is 0 Å². The Morgan fingerprint density at radius 1 is 1.15 bits per heavy atom. The highest BCUT2D eigenvalue weighted by Gasteiger charge is 2.35. The first-order chi connectivity index (χ1) is 18.8. The average molecular weight is 614 g/mol. The predicted molar refractivity (Wildman–Crippen MR) is 154 cm³/mol. The molecule has 0 unspecified atom stereocenters. The molecule has 0 fully saturated rings. The normalized spacial score (nSPS) is 14.9. The number of hydrogen-bond donors (Lipinski definition) is 0. The SMILES string of the molecule is C=CCOc1ccc(/C=c2/sc3n(c2=O)[C@H](c2cc(OC)c(OCC)cc2Br)C(C(=O)OCC)=C(C)N=3)cc1. The number of halogens is 1. The fourth-order valence-electron chi connectivity index (χ4n) is 4.24. The van der Waals surface area contributed by atoms with E-state index < -0.39 is 12.0 Å². The fourth-order valence-corrected chi connectivity index (χ4v) is 5.83. The molecule has 204 valence electrons. The summed E-state index contributed by atoms with van der Waals surface area (Å²) >= 11 is 4.89. The lowest BCUT2D eigenvalue weighted by atomic mass is 9.95. The number of fused-ring (bicyclic) bond motifs is 1. The highest BCUT2D eigenvalue weighted by atomic mass is 79.9. The van der Waals surface area contributed by atoms with Gasteiger partial charge in [0.05, 0.1) is 42.2 Å². The summed E-state index contributed by atoms with van der Waals surface area (Å²) in [4.78, 5) is 32.2. The minimum atomic E-state index is -0.795. The van der Waals surface area contributed by atoms with Crippen molar-refractivity contribution < 1.29 is 23.7 Å². The van der Waals surface area contributed by atoms with E-state index in [0.717, 1.165) is 5.56 Å². The summed E-state index contributed by atoms with van der Waals surface area (Å²) in [5.41, 5.74) is 1.96. The molecule has 0 saturated carbocycles. The zero-order valence-electron chi connectivity index (χ0n) is 22.2. The topological polar surface area (TPSA) is 88.3 Å². The number of esters is 1. The molecular weight excluding hydrogens is 584 g/mol. The van der Waals surface area contributed by atoms with Crippen molar-refractivity contribution in [3.8, 4) is 17.2 Å². The molecule has 39 heavy (non-hydrogen) atoms. The number of nitrogens with zero attached hydrogens (tertiary/aromatic N) is 2. The molecule has 0 aliphatic carbocycles. The van der Waals surface area contributed by atoms with Gasteiger partial charge in [-0.05, 0) is 62.2 Å². The number of allylic oxidation sites excluding steroid dienone is 1. The first-order valence-corrected chi connectivity index (χ1v) is 14.0. The summed E-state index contributed by atoms with van der Waals surface area (Å²) in [6, 6.07) is 10.2. The molecule has 0 bridgehead atoms. The predicted octanol–water partition coefficient (Wildman–Crippen LogP) is 4.53. The van der Waals surface area contributed by atoms with Gasteiger partial charge in [-0.2, -0.15) is 0 Å². The van der Waals surface area contributed by atoms with Crippen LogP contribution in [-0.4, -0.2) is 37.5 Å². The van der Waals surface area contributed by atoms with Gasteiger partial charge in [0.15, 0.2) is 16.3 Å². The molecule has 4 rings (SSSR count). The monoisotopic (exact) mass is 612 g/mol. The lowest BCUT2D eigenvalue weighted by Gasteiger charge is -2.26. The second-order valence-corrected chi connectivity index (χ2v) is 10.3. The van der Waals surface area contributed by atoms with Crippen molar-refractivity contribution in [2.24, 2.45) is 4.99 Å². The van der Waals surface area contributed by atoms with Crippen LogP contribution in [0.2, 0.25) is 0 Å². The van der Waals surface area contributed by atoms with E-state index in [4.69, 9.17) is 18.9 Å². The van der Waals surface area contributed by atoms with Crippen LogP contribution in [-0.2, 0) is 9.53 Å². The van der Waals surface area contributed by atoms with Gasteiger partial charge in [0.25, 0.3) is 5.56 Å². The van der Waals surface area contributed by atoms with Gasteiger partial charge in [-0.15, -0.1) is 0 Å². The van der Waals surface area contributed by atoms with Gasteiger partial charge < -0.3 is 18.9 Å². The number of carbonyl (C=O) groups excluding carboxylic acids is 1. The van der Waals surface area contributed by atoms with Crippen LogP contribution in [0.25, 0.3) is 6.08 Å². The number of carbonyl (C=O) groups is 1. The minimum Gasteiger partial charge on any atom is -0.493 e. The fraction of sp³-hybridized carbons (Fsp3) is 0.276. The van der Waals surface area contributed by atoms with Crippen molar-refractivity contribution in [3.05, 3.63) is 95.6 Å². The number of thiazole rings is 1. The van der Waals surface area contributed by atoms with Crippen LogP contribution in [0.4, 0.5) is 0 Å². The van der Waals surface area contributed by atoms with Crippen molar-refractivity contribution in [3.63, 3.8) is 0 Å². The van der Waals surface area contributed by atoms with Gasteiger partial charge in [-0.1, -0.05) is 52.1 Å². The van der Waals surface area contributed by atoms with Crippen LogP contribution in [0.1, 0.15) is 37.9 Å². The molecule has 0 spiro atoms. The maximum Gasteiger partial charge on any atom is 0.338 e. The second-order valence-electron chi connectivity index (χ2n) is 8.43. The Morgan fingerprint density at radius 2 is 1.90 bits per heavy atom. The Bertz CT molecular complexity index is 1600. The Labute approximate surface area is 238 Å². The number of aromatic nitrogens is 1. The Morgan fingerprint density at radius 3 is 2.54 bits per heavy atom. The standard InChI is InChI=1S/C29H29BrN2O6S/c1-6-13-38-19-11-9-18(10-12-19)14-24-27(33)32-26(20-15-22(35-5)23(36-7-2)16-21(20)30)25(28(34)37-8-3)17(4)31-29(32)39-24/h6,9-12,14-16,26H,1,7-8,13H2,2-5H3/b24-14+/t26-/m1/s1. The third-order valence-electron chi connectivity index (χ3n) is 5.94. The van der Waals surface area contributed by atoms with Crippen molar-refractivity contribution >= 4 is 39.3 Å². The van der Waals surface area contributed by atoms with E-state index in [1.54, 1.807) is 45.2 Å². The molecule has 10 heteroatoms. The smallest absolute Gasteiger partial charge is 0.338 e. The van der Waals surface area contributed by atoms with E-state index in [1.165, 1.54) is 15.9 Å². The lowest BCUT2D eigenvalue weighted by molar-refractivity contribution is -0.139. The van der Waals surface area contributed by atoms with E-state index in [2.05, 4.69) is 27.5 Å². The summed E-state index contributed by atoms with van der Waals surface area (Å²) in [7, 11) is 1.54. The van der Waals surface area contributed by atoms with Gasteiger partial charge in [0, 0.05) is 4.47 Å². The Kier molecular flexibility index (Phi) is 9.08. The van der Waals surface area contributed by atoms with Gasteiger partial charge in [-0.25, -0.2) is 9.79 Å². The zero-order valence-corrected chi connectivity index (χ0v) is 24.6. The highest BCUT2D eigenvalue weighted by Crippen LogP contribution is 2.41. The van der Waals surface area contributed by atoms with Crippen LogP contribution < -0.4 is 29.1 Å². The summed E-state index contributed by atoms with van der Waals surface area (Å²) in [5, 5.41) is 0. The maximum absolute atomic E-state index is 13.9. The van der Waals surface area contributed by atoms with Crippen LogP contribution in [0.15, 0.2) is 74.6 Å². The van der Waals surface area contributed by atoms with E-state index >= 15 is 0 Å². The molecule has 1 aliphatic heterocycles. The van der Waals surface area contributed by atoms with Crippen LogP contribution in [0.5, 0.6) is 17.2 Å². The zero-order chi connectivity index (χ0) is 28.1. The number of hydrogen-bond acceptors (Lipinski definition) is 8. The molecule has 0 radical (unpaired) electrons. The molecule has 0 N–H and O–H groups in total. The second kappa shape index (κ2) is 12.5. The Balaban J connectivity index is 1.91. The Hall–Kier alpha value is -3.63. The van der Waals surface area contributed by atoms with Gasteiger partial charge in [-0.3, -0.25) is 9.36 Å². The quantitative estimate of drug-likeness (QED) is 0.247. The van der Waals surface area contributed by atoms with Gasteiger partial charge in [0.2, 0.25) is 0 Å². The van der Waals surface area contributed by atoms with Crippen LogP contribution in [0.3, 0.4) is 0 Å². The summed E-state index contributed by atoms with van der Waals surface area (Å²) in [6.07, 6.45) is 3.48. The van der Waals surface area contributed by atoms with E-state index in [-0.39, 0.29) is 17.7 Å². The van der Waals surface area contributed by atoms with Crippen molar-refractivity contribution in [2.75, 3.05) is 26.9 Å². The van der Waals surface area contributed by atoms with Gasteiger partial charge >= 0.3 is 5.97 Å². The summed E-state index contributed by atoms with van der Waals surface area (Å²) in [6.45, 7) is 10.1. The molecule has 1 atom stereocenters. The van der Waals surface area contributed by atoms with Crippen molar-refractivity contribution in [2.45, 2.75) is 26.8 Å². The largest absolute Gasteiger partial charge is 0.493 e. The molecule has 1 aliphatic rings. The van der Waals surface area contributed by atoms with E-state index in [1.807, 2.05) is 31.2 Å². The molecule has 0 amide bonds. The van der Waals surface area contributed by atoms with E-state index in [0.29, 0.717) is 55.5 Å². The number of ether oxygens (including phenoxy) is 4. The van der Waals surface area contributed by atoms with Crippen LogP contribution >= 0.6 is 27.3 Å². The molecule has 1 aromatic heterocycles. The molecule has 2 aromatic carbocycles. The first-order valence-electron chi connectivity index (χ1n) is 12.4. The van der Waals surface area contributed by atoms with E-state index in [9.17, 15) is 9.59 Å². The summed E-state index contributed by atoms with van der Waals surface area (Å²) in [5.74, 6) is 1.20. The third kappa shape index (κ3) is 5.86. The average Bonchev–Trinajstić information content (AvgIpc) is 3.22. The number of benzene rings is 2. The minimum absolute atomic E-state index is 0.188. The molecule has 0 saturated heterocycles. The summed E-state index contributed by atoms with van der Waals surface area (Å²) < 4.78 is 24.9. The van der Waals surface area contributed by atoms with Gasteiger partial charge in [0.1, 0.15) is 12.4 Å². The third-order valence-corrected chi connectivity index (χ3v) is 7.61. The van der Waals surface area contributed by atoms with Crippen molar-refractivity contribution in [1.82, 2.24) is 4.57 Å².